The summed E-state index contributed by atoms with van der Waals surface area (Å²) in [5.41, 5.74) is 3.23. The van der Waals surface area contributed by atoms with E-state index >= 15 is 9.59 Å². The summed E-state index contributed by atoms with van der Waals surface area (Å²) >= 11 is 0. The summed E-state index contributed by atoms with van der Waals surface area (Å²) in [4.78, 5) is 127. The highest BCUT2D eigenvalue weighted by Gasteiger charge is 2.44. The Labute approximate surface area is 478 Å². The van der Waals surface area contributed by atoms with Crippen LogP contribution in [0.15, 0.2) is 48.5 Å². The van der Waals surface area contributed by atoms with Crippen LogP contribution in [0, 0.1) is 23.7 Å². The fourth-order valence-electron chi connectivity index (χ4n) is 10.9. The molecule has 2 aliphatic carbocycles. The summed E-state index contributed by atoms with van der Waals surface area (Å²) in [6.45, 7) is 15.5. The van der Waals surface area contributed by atoms with E-state index in [1.807, 2.05) is 76.2 Å². The Hall–Kier alpha value is -6.28. The number of likely N-dealkylation sites (N-methyl/N-ethyl adjacent to an activating group) is 4. The molecule has 20 nitrogen and oxygen atoms in total. The molecule has 0 radical (unpaired) electrons. The Morgan fingerprint density at radius 2 is 0.778 bits per heavy atom. The van der Waals surface area contributed by atoms with Gasteiger partial charge in [0.15, 0.2) is 24.4 Å². The first-order valence-electron chi connectivity index (χ1n) is 29.3. The van der Waals surface area contributed by atoms with Gasteiger partial charge in [-0.25, -0.2) is 19.2 Å². The second-order valence-electron chi connectivity index (χ2n) is 23.8. The highest BCUT2D eigenvalue weighted by Crippen LogP contribution is 2.36. The van der Waals surface area contributed by atoms with Crippen molar-refractivity contribution in [2.45, 2.75) is 161 Å². The lowest BCUT2D eigenvalue weighted by atomic mass is 10.0. The number of benzene rings is 2. The van der Waals surface area contributed by atoms with Crippen LogP contribution in [0.1, 0.15) is 110 Å². The third-order valence-corrected chi connectivity index (χ3v) is 16.4. The minimum absolute atomic E-state index is 0.0781. The van der Waals surface area contributed by atoms with Crippen LogP contribution in [0.2, 0.25) is 0 Å². The standard InChI is InChI=1S/C61H88N6O14/c1-38(2)33-49-59(73)78-40(5)54(68)62(7)48(24-19-42-11-12-42)58(72)80-52(36-44-15-20-46(21-16-44)66-25-29-76-30-26-66)56(70)64(9)50(34-39(3)4)60(74)79-41(6)55(69)63(8)51(35-43-13-14-43)61(75)81-53(57(71)65(49)10)37-45-17-22-47(23-18-45)67-27-31-77-32-28-67/h15-18,20-23,38-43,48-53H,11-14,19,24-37H2,1-10H3/t40-,41-,48+,49+,50+,51+,52-,53-/m1/s1. The molecule has 2 saturated carbocycles. The number of amides is 4. The first-order chi connectivity index (χ1) is 38.6. The quantitative estimate of drug-likeness (QED) is 0.165. The molecule has 5 fully saturated rings. The number of nitrogens with zero attached hydrogens (tertiary/aromatic N) is 6. The Kier molecular flexibility index (Phi) is 22.0. The molecule has 0 aromatic heterocycles. The van der Waals surface area contributed by atoms with E-state index in [1.165, 1.54) is 61.6 Å². The zero-order valence-corrected chi connectivity index (χ0v) is 49.4. The molecule has 2 aromatic carbocycles. The van der Waals surface area contributed by atoms with Crippen molar-refractivity contribution in [3.8, 4) is 0 Å². The average Bonchev–Trinajstić information content (AvgIpc) is 4.50. The van der Waals surface area contributed by atoms with Gasteiger partial charge in [-0.1, -0.05) is 77.6 Å². The number of ether oxygens (including phenoxy) is 6. The van der Waals surface area contributed by atoms with Crippen molar-refractivity contribution in [1.82, 2.24) is 19.6 Å². The maximum absolute atomic E-state index is 15.1. The van der Waals surface area contributed by atoms with Gasteiger partial charge in [-0.2, -0.15) is 0 Å². The van der Waals surface area contributed by atoms with Gasteiger partial charge in [0.2, 0.25) is 0 Å². The number of carbonyl (C=O) groups is 8. The molecule has 2 aromatic rings. The van der Waals surface area contributed by atoms with Crippen molar-refractivity contribution < 1.29 is 66.8 Å². The van der Waals surface area contributed by atoms with Gasteiger partial charge in [0.25, 0.3) is 23.6 Å². The lowest BCUT2D eigenvalue weighted by Crippen LogP contribution is -2.54. The Balaban J connectivity index is 1.25. The zero-order valence-electron chi connectivity index (χ0n) is 49.4. The fourth-order valence-corrected chi connectivity index (χ4v) is 10.9. The van der Waals surface area contributed by atoms with E-state index in [0.29, 0.717) is 76.1 Å². The van der Waals surface area contributed by atoms with Crippen molar-refractivity contribution >= 4 is 58.9 Å². The first-order valence-corrected chi connectivity index (χ1v) is 29.3. The van der Waals surface area contributed by atoms with Gasteiger partial charge in [0.05, 0.1) is 26.4 Å². The van der Waals surface area contributed by atoms with E-state index in [-0.39, 0.29) is 56.3 Å². The van der Waals surface area contributed by atoms with E-state index in [2.05, 4.69) is 9.80 Å². The molecule has 0 N–H and O–H groups in total. The van der Waals surface area contributed by atoms with E-state index < -0.39 is 96.1 Å². The third kappa shape index (κ3) is 17.1. The molecule has 446 valence electrons. The van der Waals surface area contributed by atoms with Crippen molar-refractivity contribution in [2.75, 3.05) is 90.6 Å². The molecule has 7 rings (SSSR count). The number of morpholine rings is 2. The van der Waals surface area contributed by atoms with E-state index in [4.69, 9.17) is 28.4 Å². The maximum Gasteiger partial charge on any atom is 0.329 e. The van der Waals surface area contributed by atoms with Crippen molar-refractivity contribution in [2.24, 2.45) is 23.7 Å². The Morgan fingerprint density at radius 1 is 0.432 bits per heavy atom. The maximum atomic E-state index is 15.1. The molecular formula is C61H88N6O14. The van der Waals surface area contributed by atoms with Crippen LogP contribution in [0.25, 0.3) is 0 Å². The summed E-state index contributed by atoms with van der Waals surface area (Å²) in [7, 11) is 5.72. The molecule has 8 atom stereocenters. The fraction of sp³-hybridized carbons (Fsp3) is 0.672. The third-order valence-electron chi connectivity index (χ3n) is 16.4. The number of anilines is 2. The molecule has 4 amide bonds. The average molecular weight is 1130 g/mol. The molecule has 0 unspecified atom stereocenters. The molecule has 81 heavy (non-hydrogen) atoms. The monoisotopic (exact) mass is 1130 g/mol. The lowest BCUT2D eigenvalue weighted by molar-refractivity contribution is -0.176. The summed E-state index contributed by atoms with van der Waals surface area (Å²) in [5, 5.41) is 0. The molecular weight excluding hydrogens is 1040 g/mol. The summed E-state index contributed by atoms with van der Waals surface area (Å²) in [6.07, 6.45) is -1.33. The highest BCUT2D eigenvalue weighted by atomic mass is 16.6. The van der Waals surface area contributed by atoms with Crippen LogP contribution in [0.3, 0.4) is 0 Å². The number of hydrogen-bond donors (Lipinski definition) is 0. The smallest absolute Gasteiger partial charge is 0.329 e. The lowest BCUT2D eigenvalue weighted by Gasteiger charge is -2.35. The van der Waals surface area contributed by atoms with Crippen LogP contribution in [0.5, 0.6) is 0 Å². The minimum Gasteiger partial charge on any atom is -0.451 e. The van der Waals surface area contributed by atoms with Crippen molar-refractivity contribution in [3.63, 3.8) is 0 Å². The number of rotatable bonds is 15. The predicted octanol–water partition coefficient (Wildman–Crippen LogP) is 5.24. The van der Waals surface area contributed by atoms with E-state index in [9.17, 15) is 28.8 Å². The van der Waals surface area contributed by atoms with Gasteiger partial charge in [0, 0.05) is 78.6 Å². The minimum atomic E-state index is -1.49. The second-order valence-corrected chi connectivity index (χ2v) is 23.8. The number of cyclic esters (lactones) is 4. The van der Waals surface area contributed by atoms with E-state index in [1.54, 1.807) is 0 Å². The van der Waals surface area contributed by atoms with Crippen LogP contribution >= 0.6 is 0 Å². The van der Waals surface area contributed by atoms with Gasteiger partial charge in [-0.3, -0.25) is 19.2 Å². The van der Waals surface area contributed by atoms with E-state index in [0.717, 1.165) is 37.1 Å². The second kappa shape index (κ2) is 28.6. The summed E-state index contributed by atoms with van der Waals surface area (Å²) < 4.78 is 35.5. The zero-order chi connectivity index (χ0) is 58.7. The molecule has 20 heteroatoms. The number of hydrogen-bond acceptors (Lipinski definition) is 16. The molecule has 0 bridgehead atoms. The van der Waals surface area contributed by atoms with Gasteiger partial charge in [0.1, 0.15) is 24.2 Å². The summed E-state index contributed by atoms with van der Waals surface area (Å²) in [6, 6.07) is 10.2. The number of esters is 4. The SMILES string of the molecule is CC(C)C[C@H]1C(=O)O[C@H](C)C(=O)N(C)[C@@H](CCC2CC2)C(=O)O[C@H](Cc2ccc(N3CCOCC3)cc2)C(=O)N(C)[C@@H](CC(C)C)C(=O)O[C@H](C)C(=O)N(C)[C@@H](CC2CC2)C(=O)O[C@H](Cc2ccc(N3CCOCC3)cc2)C(=O)N1C. The van der Waals surface area contributed by atoms with Crippen LogP contribution in [-0.4, -0.2) is 196 Å². The topological polar surface area (TPSA) is 211 Å². The Bertz CT molecular complexity index is 2480. The van der Waals surface area contributed by atoms with Crippen molar-refractivity contribution in [3.05, 3.63) is 59.7 Å². The first kappa shape index (κ1) is 62.3. The molecule has 3 aliphatic heterocycles. The molecule has 0 spiro atoms. The van der Waals surface area contributed by atoms with Crippen LogP contribution in [-0.2, 0) is 79.6 Å². The molecule has 3 heterocycles. The van der Waals surface area contributed by atoms with Gasteiger partial charge < -0.3 is 57.8 Å². The Morgan fingerprint density at radius 3 is 1.15 bits per heavy atom. The van der Waals surface area contributed by atoms with Crippen LogP contribution < -0.4 is 9.80 Å². The van der Waals surface area contributed by atoms with Crippen LogP contribution in [0.4, 0.5) is 11.4 Å². The number of carbonyl (C=O) groups excluding carboxylic acids is 8. The molecule has 5 aliphatic rings. The van der Waals surface area contributed by atoms with Crippen molar-refractivity contribution in [1.29, 1.82) is 0 Å². The highest BCUT2D eigenvalue weighted by molar-refractivity contribution is 5.94. The molecule has 3 saturated heterocycles. The normalized spacial score (nSPS) is 27.1. The van der Waals surface area contributed by atoms with Gasteiger partial charge in [-0.05, 0) is 105 Å². The predicted molar refractivity (Wildman–Crippen MR) is 302 cm³/mol. The largest absolute Gasteiger partial charge is 0.451 e. The van der Waals surface area contributed by atoms with Gasteiger partial charge in [-0.15, -0.1) is 0 Å². The van der Waals surface area contributed by atoms with Gasteiger partial charge >= 0.3 is 23.9 Å². The summed E-state index contributed by atoms with van der Waals surface area (Å²) in [5.74, 6) is -6.26.